The summed E-state index contributed by atoms with van der Waals surface area (Å²) in [5, 5.41) is 7.13. The van der Waals surface area contributed by atoms with Crippen molar-refractivity contribution >= 4 is 44.3 Å². The molecule has 1 unspecified atom stereocenters. The summed E-state index contributed by atoms with van der Waals surface area (Å²) in [7, 11) is -3.62. The Bertz CT molecular complexity index is 1430. The lowest BCUT2D eigenvalue weighted by Crippen LogP contribution is -2.42. The smallest absolute Gasteiger partial charge is 0.325 e. The number of amides is 4. The Balaban J connectivity index is 1.49. The van der Waals surface area contributed by atoms with Crippen LogP contribution in [0.1, 0.15) is 26.3 Å². The third-order valence-electron chi connectivity index (χ3n) is 6.39. The van der Waals surface area contributed by atoms with E-state index in [0.29, 0.717) is 24.3 Å². The van der Waals surface area contributed by atoms with E-state index in [2.05, 4.69) is 10.6 Å². The number of carbonyl (C=O) groups is 3. The van der Waals surface area contributed by atoms with Crippen LogP contribution in [0.2, 0.25) is 0 Å². The van der Waals surface area contributed by atoms with E-state index in [1.54, 1.807) is 26.8 Å². The molecular weight excluding hydrogens is 480 g/mol. The number of hydrogen-bond donors (Lipinski definition) is 2. The van der Waals surface area contributed by atoms with Crippen LogP contribution in [0.5, 0.6) is 0 Å². The van der Waals surface area contributed by atoms with E-state index in [1.165, 1.54) is 28.6 Å². The van der Waals surface area contributed by atoms with Crippen LogP contribution in [0.15, 0.2) is 71.6 Å². The number of hydrogen-bond acceptors (Lipinski definition) is 5. The van der Waals surface area contributed by atoms with Crippen LogP contribution in [0.3, 0.4) is 0 Å². The van der Waals surface area contributed by atoms with Gasteiger partial charge in [-0.25, -0.2) is 13.2 Å². The third-order valence-corrected chi connectivity index (χ3v) is 8.45. The fourth-order valence-corrected chi connectivity index (χ4v) is 5.91. The van der Waals surface area contributed by atoms with E-state index in [9.17, 15) is 22.8 Å². The maximum Gasteiger partial charge on any atom is 0.325 e. The van der Waals surface area contributed by atoms with Crippen molar-refractivity contribution in [1.29, 1.82) is 0 Å². The number of benzene rings is 3. The standard InChI is InChI=1S/C26H28N4O5S/c1-4-29(5-2)36(34,35)20-15-13-19(14-16-20)27-23(31)17-30-24(32)26(3,28-25(30)33)22-12-8-10-18-9-6-7-11-21(18)22/h6-16H,4-5,17H2,1-3H3,(H,27,31)(H,28,33). The minimum atomic E-state index is -3.62. The molecule has 3 aromatic rings. The first-order valence-corrected chi connectivity index (χ1v) is 13.1. The number of fused-ring (bicyclic) bond motifs is 1. The highest BCUT2D eigenvalue weighted by molar-refractivity contribution is 7.89. The highest BCUT2D eigenvalue weighted by Crippen LogP contribution is 2.33. The molecule has 188 valence electrons. The predicted molar refractivity (Wildman–Crippen MR) is 137 cm³/mol. The maximum absolute atomic E-state index is 13.3. The summed E-state index contributed by atoms with van der Waals surface area (Å²) >= 11 is 0. The third kappa shape index (κ3) is 4.45. The number of rotatable bonds is 8. The molecule has 0 aliphatic carbocycles. The number of nitrogens with zero attached hydrogens (tertiary/aromatic N) is 2. The van der Waals surface area contributed by atoms with Crippen molar-refractivity contribution in [3.8, 4) is 0 Å². The molecule has 4 amide bonds. The van der Waals surface area contributed by atoms with E-state index in [1.807, 2.05) is 36.4 Å². The van der Waals surface area contributed by atoms with Crippen molar-refractivity contribution in [1.82, 2.24) is 14.5 Å². The average molecular weight is 509 g/mol. The average Bonchev–Trinajstić information content (AvgIpc) is 3.08. The van der Waals surface area contributed by atoms with Gasteiger partial charge in [-0.3, -0.25) is 14.5 Å². The maximum atomic E-state index is 13.3. The number of sulfonamides is 1. The van der Waals surface area contributed by atoms with Crippen LogP contribution < -0.4 is 10.6 Å². The van der Waals surface area contributed by atoms with Crippen molar-refractivity contribution in [2.24, 2.45) is 0 Å². The zero-order valence-electron chi connectivity index (χ0n) is 20.3. The van der Waals surface area contributed by atoms with Crippen LogP contribution >= 0.6 is 0 Å². The molecule has 9 nitrogen and oxygen atoms in total. The molecule has 2 N–H and O–H groups in total. The minimum absolute atomic E-state index is 0.115. The molecule has 0 aromatic heterocycles. The van der Waals surface area contributed by atoms with Gasteiger partial charge in [-0.1, -0.05) is 56.3 Å². The first kappa shape index (κ1) is 25.3. The van der Waals surface area contributed by atoms with Gasteiger partial charge in [0.15, 0.2) is 0 Å². The Kier molecular flexibility index (Phi) is 6.83. The Labute approximate surface area is 210 Å². The van der Waals surface area contributed by atoms with Crippen LogP contribution in [0, 0.1) is 0 Å². The number of anilines is 1. The summed E-state index contributed by atoms with van der Waals surface area (Å²) in [4.78, 5) is 39.7. The zero-order valence-corrected chi connectivity index (χ0v) is 21.1. The molecule has 4 rings (SSSR count). The highest BCUT2D eigenvalue weighted by Gasteiger charge is 2.50. The van der Waals surface area contributed by atoms with E-state index in [0.717, 1.165) is 15.7 Å². The SMILES string of the molecule is CCN(CC)S(=O)(=O)c1ccc(NC(=O)CN2C(=O)NC(C)(c3cccc4ccccc34)C2=O)cc1. The summed E-state index contributed by atoms with van der Waals surface area (Å²) in [6.45, 7) is 5.36. The van der Waals surface area contributed by atoms with E-state index in [-0.39, 0.29) is 4.90 Å². The number of imide groups is 1. The zero-order chi connectivity index (χ0) is 26.1. The fraction of sp³-hybridized carbons (Fsp3) is 0.269. The Morgan fingerprint density at radius 1 is 0.972 bits per heavy atom. The van der Waals surface area contributed by atoms with E-state index >= 15 is 0 Å². The number of carbonyl (C=O) groups excluding carboxylic acids is 3. The molecule has 0 saturated carbocycles. The van der Waals surface area contributed by atoms with Crippen LogP contribution in [0.4, 0.5) is 10.5 Å². The van der Waals surface area contributed by atoms with Crippen molar-refractivity contribution in [3.05, 3.63) is 72.3 Å². The largest absolute Gasteiger partial charge is 0.325 e. The monoisotopic (exact) mass is 508 g/mol. The molecule has 1 aliphatic heterocycles. The van der Waals surface area contributed by atoms with Gasteiger partial charge in [0.1, 0.15) is 12.1 Å². The lowest BCUT2D eigenvalue weighted by Gasteiger charge is -2.24. The molecule has 1 atom stereocenters. The molecule has 10 heteroatoms. The molecular formula is C26H28N4O5S. The lowest BCUT2D eigenvalue weighted by molar-refractivity contribution is -0.133. The lowest BCUT2D eigenvalue weighted by atomic mass is 9.88. The predicted octanol–water partition coefficient (Wildman–Crippen LogP) is 3.28. The highest BCUT2D eigenvalue weighted by atomic mass is 32.2. The quantitative estimate of drug-likeness (QED) is 0.453. The molecule has 0 bridgehead atoms. The van der Waals surface area contributed by atoms with Crippen LogP contribution in [0.25, 0.3) is 10.8 Å². The van der Waals surface area contributed by atoms with Crippen LogP contribution in [-0.4, -0.2) is 55.1 Å². The fourth-order valence-electron chi connectivity index (χ4n) is 4.45. The van der Waals surface area contributed by atoms with Gasteiger partial charge < -0.3 is 10.6 Å². The second kappa shape index (κ2) is 9.71. The second-order valence-electron chi connectivity index (χ2n) is 8.64. The second-order valence-corrected chi connectivity index (χ2v) is 10.6. The Morgan fingerprint density at radius 2 is 1.61 bits per heavy atom. The van der Waals surface area contributed by atoms with Gasteiger partial charge in [0.05, 0.1) is 4.90 Å². The van der Waals surface area contributed by atoms with Gasteiger partial charge in [0.2, 0.25) is 15.9 Å². The molecule has 0 spiro atoms. The summed E-state index contributed by atoms with van der Waals surface area (Å²) in [6, 6.07) is 18.2. The van der Waals surface area contributed by atoms with Crippen LogP contribution in [-0.2, 0) is 25.2 Å². The van der Waals surface area contributed by atoms with Gasteiger partial charge in [-0.15, -0.1) is 0 Å². The molecule has 1 aliphatic rings. The van der Waals surface area contributed by atoms with Gasteiger partial charge in [-0.2, -0.15) is 4.31 Å². The van der Waals surface area contributed by atoms with E-state index < -0.39 is 40.0 Å². The number of urea groups is 1. The topological polar surface area (TPSA) is 116 Å². The molecule has 1 heterocycles. The summed E-state index contributed by atoms with van der Waals surface area (Å²) in [5.74, 6) is -1.11. The van der Waals surface area contributed by atoms with Gasteiger partial charge in [0, 0.05) is 18.8 Å². The van der Waals surface area contributed by atoms with Gasteiger partial charge in [0.25, 0.3) is 5.91 Å². The summed E-state index contributed by atoms with van der Waals surface area (Å²) in [6.07, 6.45) is 0. The first-order valence-electron chi connectivity index (χ1n) is 11.6. The normalized spacial score (nSPS) is 18.1. The molecule has 1 saturated heterocycles. The van der Waals surface area contributed by atoms with Gasteiger partial charge >= 0.3 is 6.03 Å². The number of nitrogens with one attached hydrogen (secondary N) is 2. The molecule has 1 fully saturated rings. The summed E-state index contributed by atoms with van der Waals surface area (Å²) in [5.41, 5.74) is -0.326. The van der Waals surface area contributed by atoms with Crippen molar-refractivity contribution < 1.29 is 22.8 Å². The first-order chi connectivity index (χ1) is 17.1. The molecule has 0 radical (unpaired) electrons. The summed E-state index contributed by atoms with van der Waals surface area (Å²) < 4.78 is 26.6. The Morgan fingerprint density at radius 3 is 2.28 bits per heavy atom. The molecule has 36 heavy (non-hydrogen) atoms. The van der Waals surface area contributed by atoms with Crippen molar-refractivity contribution in [2.45, 2.75) is 31.2 Å². The molecule has 3 aromatic carbocycles. The van der Waals surface area contributed by atoms with Crippen molar-refractivity contribution in [3.63, 3.8) is 0 Å². The Hall–Kier alpha value is -3.76. The van der Waals surface area contributed by atoms with Crippen molar-refractivity contribution in [2.75, 3.05) is 25.0 Å². The minimum Gasteiger partial charge on any atom is -0.325 e. The van der Waals surface area contributed by atoms with E-state index in [4.69, 9.17) is 0 Å². The van der Waals surface area contributed by atoms with Gasteiger partial charge in [-0.05, 0) is 47.5 Å².